The number of hydrogen-bond donors (Lipinski definition) is 1. The highest BCUT2D eigenvalue weighted by atomic mass is 16.6. The molecule has 0 aromatic heterocycles. The normalized spacial score (nSPS) is 12.5. The molecule has 0 saturated carbocycles. The molecule has 1 aromatic rings. The van der Waals surface area contributed by atoms with E-state index in [9.17, 15) is 10.1 Å². The molecule has 1 aromatic carbocycles. The molecule has 114 valence electrons. The lowest BCUT2D eigenvalue weighted by molar-refractivity contribution is -0.384. The van der Waals surface area contributed by atoms with Gasteiger partial charge >= 0.3 is 0 Å². The van der Waals surface area contributed by atoms with E-state index < -0.39 is 11.0 Å². The number of non-ortho nitro benzene ring substituents is 1. The maximum atomic E-state index is 10.9. The average Bonchev–Trinajstić information content (AvgIpc) is 2.42. The summed E-state index contributed by atoms with van der Waals surface area (Å²) in [5.41, 5.74) is 0.562. The van der Waals surface area contributed by atoms with E-state index in [0.29, 0.717) is 24.3 Å². The van der Waals surface area contributed by atoms with E-state index in [1.54, 1.807) is 6.07 Å². The molecule has 0 aliphatic carbocycles. The smallest absolute Gasteiger partial charge is 0.270 e. The van der Waals surface area contributed by atoms with Crippen LogP contribution in [0.2, 0.25) is 0 Å². The molecule has 21 heavy (non-hydrogen) atoms. The van der Waals surface area contributed by atoms with Gasteiger partial charge in [-0.1, -0.05) is 6.92 Å². The molecule has 1 rings (SSSR count). The SMILES string of the molecule is CCC(C#N)Oc1ccc([N+](=O)[O-])cc1CNC(C)(C)C. The molecule has 0 spiro atoms. The highest BCUT2D eigenvalue weighted by Crippen LogP contribution is 2.26. The summed E-state index contributed by atoms with van der Waals surface area (Å²) in [6.07, 6.45) is -0.000516. The number of nitriles is 1. The molecule has 0 aliphatic heterocycles. The van der Waals surface area contributed by atoms with Crippen molar-refractivity contribution in [2.75, 3.05) is 0 Å². The maximum Gasteiger partial charge on any atom is 0.270 e. The number of hydrogen-bond acceptors (Lipinski definition) is 5. The molecular formula is C15H21N3O3. The summed E-state index contributed by atoms with van der Waals surface area (Å²) in [6, 6.07) is 6.49. The Morgan fingerprint density at radius 1 is 1.48 bits per heavy atom. The van der Waals surface area contributed by atoms with Gasteiger partial charge in [0.05, 0.1) is 4.92 Å². The van der Waals surface area contributed by atoms with Crippen LogP contribution in [0.3, 0.4) is 0 Å². The second-order valence-electron chi connectivity index (χ2n) is 5.80. The van der Waals surface area contributed by atoms with Crippen LogP contribution in [-0.2, 0) is 6.54 Å². The number of benzene rings is 1. The van der Waals surface area contributed by atoms with E-state index in [-0.39, 0.29) is 11.2 Å². The van der Waals surface area contributed by atoms with E-state index in [4.69, 9.17) is 10.00 Å². The standard InChI is InChI=1S/C15H21N3O3/c1-5-13(9-16)21-14-7-6-12(18(19)20)8-11(14)10-17-15(2,3)4/h6-8,13,17H,5,10H2,1-4H3. The Labute approximate surface area is 124 Å². The second kappa shape index (κ2) is 7.04. The minimum absolute atomic E-state index is 0.0121. The van der Waals surface area contributed by atoms with Crippen LogP contribution >= 0.6 is 0 Å². The highest BCUT2D eigenvalue weighted by Gasteiger charge is 2.17. The maximum absolute atomic E-state index is 10.9. The molecule has 0 fully saturated rings. The van der Waals surface area contributed by atoms with Crippen LogP contribution in [0.5, 0.6) is 5.75 Å². The fraction of sp³-hybridized carbons (Fsp3) is 0.533. The van der Waals surface area contributed by atoms with Crippen molar-refractivity contribution in [3.63, 3.8) is 0 Å². The summed E-state index contributed by atoms with van der Waals surface area (Å²) in [6.45, 7) is 8.31. The molecule has 6 nitrogen and oxygen atoms in total. The molecule has 0 aliphatic rings. The van der Waals surface area contributed by atoms with Gasteiger partial charge in [-0.05, 0) is 33.3 Å². The summed E-state index contributed by atoms with van der Waals surface area (Å²) < 4.78 is 5.62. The first kappa shape index (κ1) is 16.9. The van der Waals surface area contributed by atoms with Gasteiger partial charge in [0, 0.05) is 29.8 Å². The molecule has 1 atom stereocenters. The van der Waals surface area contributed by atoms with Crippen molar-refractivity contribution in [3.05, 3.63) is 33.9 Å². The van der Waals surface area contributed by atoms with Crippen LogP contribution in [0, 0.1) is 21.4 Å². The van der Waals surface area contributed by atoms with Crippen LogP contribution in [-0.4, -0.2) is 16.6 Å². The van der Waals surface area contributed by atoms with Crippen LogP contribution in [0.25, 0.3) is 0 Å². The quantitative estimate of drug-likeness (QED) is 0.642. The van der Waals surface area contributed by atoms with E-state index >= 15 is 0 Å². The zero-order chi connectivity index (χ0) is 16.0. The number of nitrogens with one attached hydrogen (secondary N) is 1. The monoisotopic (exact) mass is 291 g/mol. The van der Waals surface area contributed by atoms with Crippen LogP contribution in [0.1, 0.15) is 39.7 Å². The Morgan fingerprint density at radius 2 is 2.14 bits per heavy atom. The number of nitrogens with zero attached hydrogens (tertiary/aromatic N) is 2. The van der Waals surface area contributed by atoms with Gasteiger partial charge in [-0.25, -0.2) is 0 Å². The fourth-order valence-electron chi connectivity index (χ4n) is 1.65. The summed E-state index contributed by atoms with van der Waals surface area (Å²) >= 11 is 0. The second-order valence-corrected chi connectivity index (χ2v) is 5.80. The third-order valence-corrected chi connectivity index (χ3v) is 2.85. The molecule has 0 amide bonds. The summed E-state index contributed by atoms with van der Waals surface area (Å²) in [4.78, 5) is 10.5. The zero-order valence-corrected chi connectivity index (χ0v) is 12.8. The topological polar surface area (TPSA) is 88.2 Å². The number of nitro benzene ring substituents is 1. The number of rotatable bonds is 6. The molecule has 1 unspecified atom stereocenters. The van der Waals surface area contributed by atoms with Gasteiger partial charge in [-0.3, -0.25) is 10.1 Å². The molecule has 0 saturated heterocycles. The predicted octanol–water partition coefficient (Wildman–Crippen LogP) is 3.16. The van der Waals surface area contributed by atoms with Gasteiger partial charge in [0.1, 0.15) is 11.8 Å². The van der Waals surface area contributed by atoms with Gasteiger partial charge in [-0.2, -0.15) is 5.26 Å². The van der Waals surface area contributed by atoms with Crippen molar-refractivity contribution >= 4 is 5.69 Å². The molecule has 0 bridgehead atoms. The minimum atomic E-state index is -0.556. The Balaban J connectivity index is 3.05. The minimum Gasteiger partial charge on any atom is -0.475 e. The lowest BCUT2D eigenvalue weighted by Crippen LogP contribution is -2.35. The van der Waals surface area contributed by atoms with E-state index in [1.807, 2.05) is 27.7 Å². The van der Waals surface area contributed by atoms with Gasteiger partial charge in [0.15, 0.2) is 6.10 Å². The van der Waals surface area contributed by atoms with E-state index in [2.05, 4.69) is 11.4 Å². The lowest BCUT2D eigenvalue weighted by Gasteiger charge is -2.22. The van der Waals surface area contributed by atoms with Gasteiger partial charge in [0.25, 0.3) is 5.69 Å². The fourth-order valence-corrected chi connectivity index (χ4v) is 1.65. The van der Waals surface area contributed by atoms with Crippen LogP contribution in [0.15, 0.2) is 18.2 Å². The van der Waals surface area contributed by atoms with Crippen molar-refractivity contribution in [2.45, 2.75) is 52.3 Å². The number of ether oxygens (including phenoxy) is 1. The van der Waals surface area contributed by atoms with E-state index in [1.165, 1.54) is 12.1 Å². The van der Waals surface area contributed by atoms with Crippen molar-refractivity contribution in [1.29, 1.82) is 5.26 Å². The molecule has 6 heteroatoms. The molecule has 1 N–H and O–H groups in total. The Kier molecular flexibility index (Phi) is 5.68. The summed E-state index contributed by atoms with van der Waals surface area (Å²) in [5.74, 6) is 0.505. The molecular weight excluding hydrogens is 270 g/mol. The third-order valence-electron chi connectivity index (χ3n) is 2.85. The van der Waals surface area contributed by atoms with Gasteiger partial charge in [-0.15, -0.1) is 0 Å². The third kappa shape index (κ3) is 5.40. The molecule has 0 heterocycles. The van der Waals surface area contributed by atoms with Crippen LogP contribution < -0.4 is 10.1 Å². The van der Waals surface area contributed by atoms with Crippen molar-refractivity contribution < 1.29 is 9.66 Å². The van der Waals surface area contributed by atoms with Crippen LogP contribution in [0.4, 0.5) is 5.69 Å². The highest BCUT2D eigenvalue weighted by molar-refractivity contribution is 5.44. The van der Waals surface area contributed by atoms with E-state index in [0.717, 1.165) is 0 Å². The van der Waals surface area contributed by atoms with Gasteiger partial charge in [0.2, 0.25) is 0 Å². The van der Waals surface area contributed by atoms with Crippen molar-refractivity contribution in [1.82, 2.24) is 5.32 Å². The molecule has 0 radical (unpaired) electrons. The summed E-state index contributed by atoms with van der Waals surface area (Å²) in [5, 5.41) is 23.1. The predicted molar refractivity (Wildman–Crippen MR) is 80.0 cm³/mol. The average molecular weight is 291 g/mol. The Hall–Kier alpha value is -2.13. The van der Waals surface area contributed by atoms with Gasteiger partial charge < -0.3 is 10.1 Å². The Bertz CT molecular complexity index is 544. The van der Waals surface area contributed by atoms with Crippen molar-refractivity contribution in [3.8, 4) is 11.8 Å². The first-order valence-electron chi connectivity index (χ1n) is 6.85. The van der Waals surface area contributed by atoms with Crippen molar-refractivity contribution in [2.24, 2.45) is 0 Å². The number of nitro groups is 1. The first-order valence-corrected chi connectivity index (χ1v) is 6.85. The Morgan fingerprint density at radius 3 is 2.62 bits per heavy atom. The summed E-state index contributed by atoms with van der Waals surface area (Å²) in [7, 11) is 0. The largest absolute Gasteiger partial charge is 0.475 e. The zero-order valence-electron chi connectivity index (χ0n) is 12.8. The lowest BCUT2D eigenvalue weighted by atomic mass is 10.1. The first-order chi connectivity index (χ1) is 9.76.